The van der Waals surface area contributed by atoms with Gasteiger partial charge in [0, 0.05) is 24.5 Å². The number of cyclic esters (lactones) is 1. The van der Waals surface area contributed by atoms with E-state index in [1.807, 2.05) is 26.0 Å². The lowest BCUT2D eigenvalue weighted by Gasteiger charge is -2.22. The second-order valence-corrected chi connectivity index (χ2v) is 5.94. The summed E-state index contributed by atoms with van der Waals surface area (Å²) in [5, 5.41) is 2.47. The predicted molar refractivity (Wildman–Crippen MR) is 84.4 cm³/mol. The number of anilines is 2. The molecule has 0 bridgehead atoms. The molecule has 1 unspecified atom stereocenters. The first kappa shape index (κ1) is 15.3. The molecule has 23 heavy (non-hydrogen) atoms. The van der Waals surface area contributed by atoms with Crippen LogP contribution in [0.2, 0.25) is 0 Å². The van der Waals surface area contributed by atoms with Crippen LogP contribution in [0.15, 0.2) is 18.2 Å². The normalized spacial score (nSPS) is 20.1. The number of rotatable bonds is 3. The van der Waals surface area contributed by atoms with Gasteiger partial charge >= 0.3 is 6.09 Å². The number of hydrogen-bond donors (Lipinski definition) is 1. The zero-order chi connectivity index (χ0) is 16.7. The number of amides is 3. The van der Waals surface area contributed by atoms with E-state index < -0.39 is 12.2 Å². The lowest BCUT2D eigenvalue weighted by molar-refractivity contribution is -0.127. The summed E-state index contributed by atoms with van der Waals surface area (Å²) in [6.07, 6.45) is -1.04. The van der Waals surface area contributed by atoms with Gasteiger partial charge < -0.3 is 15.0 Å². The van der Waals surface area contributed by atoms with E-state index in [9.17, 15) is 14.4 Å². The third-order valence-corrected chi connectivity index (χ3v) is 4.11. The molecule has 1 fully saturated rings. The Morgan fingerprint density at radius 2 is 2.09 bits per heavy atom. The molecule has 1 N–H and O–H groups in total. The fourth-order valence-electron chi connectivity index (χ4n) is 3.04. The lowest BCUT2D eigenvalue weighted by Crippen LogP contribution is -2.35. The van der Waals surface area contributed by atoms with Gasteiger partial charge in [0.15, 0.2) is 6.10 Å². The Balaban J connectivity index is 1.87. The quantitative estimate of drug-likeness (QED) is 0.904. The van der Waals surface area contributed by atoms with Gasteiger partial charge in [-0.2, -0.15) is 0 Å². The molecule has 3 rings (SSSR count). The second kappa shape index (κ2) is 5.57. The molecule has 2 aliphatic rings. The average molecular weight is 317 g/mol. The number of nitrogens with one attached hydrogen (secondary N) is 1. The number of carbonyl (C=O) groups excluding carboxylic acids is 3. The van der Waals surface area contributed by atoms with Gasteiger partial charge in [-0.15, -0.1) is 0 Å². The van der Waals surface area contributed by atoms with Crippen molar-refractivity contribution in [3.05, 3.63) is 23.8 Å². The third kappa shape index (κ3) is 2.52. The number of nitrogens with zero attached hydrogens (tertiary/aromatic N) is 2. The molecule has 1 aromatic rings. The van der Waals surface area contributed by atoms with Crippen molar-refractivity contribution in [2.75, 3.05) is 23.4 Å². The van der Waals surface area contributed by atoms with Crippen molar-refractivity contribution < 1.29 is 19.1 Å². The highest BCUT2D eigenvalue weighted by Gasteiger charge is 2.37. The number of ether oxygens (including phenoxy) is 1. The maximum atomic E-state index is 12.1. The summed E-state index contributed by atoms with van der Waals surface area (Å²) in [5.41, 5.74) is 2.40. The average Bonchev–Trinajstić information content (AvgIpc) is 3.04. The van der Waals surface area contributed by atoms with Crippen LogP contribution < -0.4 is 15.1 Å². The fourth-order valence-corrected chi connectivity index (χ4v) is 3.04. The first-order valence-electron chi connectivity index (χ1n) is 7.57. The van der Waals surface area contributed by atoms with E-state index >= 15 is 0 Å². The standard InChI is InChI=1S/C16H19N3O4/c1-9(2)19-12-5-4-11(6-10(12)7-14(19)20)18-8-13(15(21)17-3)23-16(18)22/h4-6,9,13H,7-8H2,1-3H3,(H,17,21). The number of hydrogen-bond acceptors (Lipinski definition) is 4. The Kier molecular flexibility index (Phi) is 3.71. The molecule has 1 atom stereocenters. The van der Waals surface area contributed by atoms with E-state index in [0.717, 1.165) is 11.3 Å². The van der Waals surface area contributed by atoms with Gasteiger partial charge in [0.05, 0.1) is 13.0 Å². The highest BCUT2D eigenvalue weighted by atomic mass is 16.6. The van der Waals surface area contributed by atoms with Crippen molar-refractivity contribution in [2.24, 2.45) is 0 Å². The van der Waals surface area contributed by atoms with Crippen LogP contribution in [-0.2, 0) is 20.7 Å². The molecule has 1 aromatic carbocycles. The maximum absolute atomic E-state index is 12.1. The second-order valence-electron chi connectivity index (χ2n) is 5.94. The van der Waals surface area contributed by atoms with Crippen LogP contribution in [0.1, 0.15) is 19.4 Å². The largest absolute Gasteiger partial charge is 0.434 e. The van der Waals surface area contributed by atoms with Crippen molar-refractivity contribution >= 4 is 29.3 Å². The summed E-state index contributed by atoms with van der Waals surface area (Å²) in [4.78, 5) is 38.9. The SMILES string of the molecule is CNC(=O)C1CN(c2ccc3c(c2)CC(=O)N3C(C)C)C(=O)O1. The molecule has 0 spiro atoms. The third-order valence-electron chi connectivity index (χ3n) is 4.11. The fraction of sp³-hybridized carbons (Fsp3) is 0.438. The highest BCUT2D eigenvalue weighted by Crippen LogP contribution is 2.34. The number of carbonyl (C=O) groups is 3. The van der Waals surface area contributed by atoms with Gasteiger partial charge in [-0.3, -0.25) is 14.5 Å². The van der Waals surface area contributed by atoms with Crippen molar-refractivity contribution in [3.8, 4) is 0 Å². The van der Waals surface area contributed by atoms with Crippen molar-refractivity contribution in [3.63, 3.8) is 0 Å². The molecule has 0 aromatic heterocycles. The molecule has 7 heteroatoms. The Labute approximate surface area is 134 Å². The number of fused-ring (bicyclic) bond motifs is 1. The molecule has 0 aliphatic carbocycles. The topological polar surface area (TPSA) is 79.0 Å². The summed E-state index contributed by atoms with van der Waals surface area (Å²) in [7, 11) is 1.50. The first-order chi connectivity index (χ1) is 10.9. The van der Waals surface area contributed by atoms with Crippen LogP contribution in [0, 0.1) is 0 Å². The molecule has 0 saturated carbocycles. The highest BCUT2D eigenvalue weighted by molar-refractivity contribution is 6.03. The first-order valence-corrected chi connectivity index (χ1v) is 7.57. The summed E-state index contributed by atoms with van der Waals surface area (Å²) < 4.78 is 5.08. The molecule has 3 amide bonds. The van der Waals surface area contributed by atoms with Gasteiger partial charge in [0.1, 0.15) is 0 Å². The number of likely N-dealkylation sites (N-methyl/N-ethyl adjacent to an activating group) is 1. The van der Waals surface area contributed by atoms with Crippen molar-refractivity contribution in [1.29, 1.82) is 0 Å². The maximum Gasteiger partial charge on any atom is 0.415 e. The van der Waals surface area contributed by atoms with Gasteiger partial charge in [0.25, 0.3) is 5.91 Å². The van der Waals surface area contributed by atoms with Crippen LogP contribution in [0.25, 0.3) is 0 Å². The molecule has 1 saturated heterocycles. The zero-order valence-corrected chi connectivity index (χ0v) is 13.3. The minimum absolute atomic E-state index is 0.0550. The van der Waals surface area contributed by atoms with E-state index in [4.69, 9.17) is 4.74 Å². The Hall–Kier alpha value is -2.57. The van der Waals surface area contributed by atoms with E-state index in [1.54, 1.807) is 11.0 Å². The molecule has 0 radical (unpaired) electrons. The Morgan fingerprint density at radius 3 is 2.74 bits per heavy atom. The van der Waals surface area contributed by atoms with E-state index in [0.29, 0.717) is 12.1 Å². The van der Waals surface area contributed by atoms with Crippen LogP contribution in [0.5, 0.6) is 0 Å². The smallest absolute Gasteiger partial charge is 0.415 e. The molecule has 2 heterocycles. The minimum Gasteiger partial charge on any atom is -0.434 e. The van der Waals surface area contributed by atoms with Crippen LogP contribution in [-0.4, -0.2) is 43.6 Å². The monoisotopic (exact) mass is 317 g/mol. The lowest BCUT2D eigenvalue weighted by atomic mass is 10.1. The minimum atomic E-state index is -0.811. The molecule has 122 valence electrons. The molecular formula is C16H19N3O4. The zero-order valence-electron chi connectivity index (χ0n) is 13.3. The molecule has 2 aliphatic heterocycles. The van der Waals surface area contributed by atoms with Gasteiger partial charge in [-0.25, -0.2) is 4.79 Å². The van der Waals surface area contributed by atoms with Crippen LogP contribution >= 0.6 is 0 Å². The summed E-state index contributed by atoms with van der Waals surface area (Å²) in [5.74, 6) is -0.275. The number of benzene rings is 1. The summed E-state index contributed by atoms with van der Waals surface area (Å²) in [6, 6.07) is 5.53. The van der Waals surface area contributed by atoms with Gasteiger partial charge in [-0.1, -0.05) is 0 Å². The Bertz CT molecular complexity index is 686. The van der Waals surface area contributed by atoms with Crippen molar-refractivity contribution in [2.45, 2.75) is 32.4 Å². The van der Waals surface area contributed by atoms with Crippen LogP contribution in [0.4, 0.5) is 16.2 Å². The summed E-state index contributed by atoms with van der Waals surface area (Å²) in [6.45, 7) is 4.10. The van der Waals surface area contributed by atoms with Crippen LogP contribution in [0.3, 0.4) is 0 Å². The predicted octanol–water partition coefficient (Wildman–Crippen LogP) is 1.06. The van der Waals surface area contributed by atoms with Gasteiger partial charge in [-0.05, 0) is 37.6 Å². The van der Waals surface area contributed by atoms with E-state index in [2.05, 4.69) is 5.32 Å². The Morgan fingerprint density at radius 1 is 1.35 bits per heavy atom. The van der Waals surface area contributed by atoms with E-state index in [-0.39, 0.29) is 24.4 Å². The van der Waals surface area contributed by atoms with Gasteiger partial charge in [0.2, 0.25) is 5.91 Å². The van der Waals surface area contributed by atoms with E-state index in [1.165, 1.54) is 11.9 Å². The molecular weight excluding hydrogens is 298 g/mol. The summed E-state index contributed by atoms with van der Waals surface area (Å²) >= 11 is 0. The van der Waals surface area contributed by atoms with Crippen molar-refractivity contribution in [1.82, 2.24) is 5.32 Å². The molecule has 7 nitrogen and oxygen atoms in total.